The molecule has 0 spiro atoms. The zero-order valence-electron chi connectivity index (χ0n) is 10.2. The quantitative estimate of drug-likeness (QED) is 0.782. The predicted octanol–water partition coefficient (Wildman–Crippen LogP) is 0.171. The fourth-order valence-electron chi connectivity index (χ4n) is 1.56. The molecule has 0 saturated heterocycles. The van der Waals surface area contributed by atoms with E-state index >= 15 is 0 Å². The van der Waals surface area contributed by atoms with Gasteiger partial charge in [-0.25, -0.2) is 0 Å². The minimum Gasteiger partial charge on any atom is -0.480 e. The highest BCUT2D eigenvalue weighted by atomic mass is 16.4. The lowest BCUT2D eigenvalue weighted by atomic mass is 10.3. The van der Waals surface area contributed by atoms with Crippen molar-refractivity contribution < 1.29 is 14.7 Å². The lowest BCUT2D eigenvalue weighted by molar-refractivity contribution is -0.144. The molecule has 0 aromatic carbocycles. The molecule has 1 N–H and O–H groups in total. The molecule has 98 valence electrons. The van der Waals surface area contributed by atoms with Crippen LogP contribution in [0.5, 0.6) is 0 Å². The van der Waals surface area contributed by atoms with Gasteiger partial charge in [-0.3, -0.25) is 14.4 Å². The molecule has 0 fully saturated rings. The Morgan fingerprint density at radius 3 is 2.67 bits per heavy atom. The topological polar surface area (TPSA) is 79.6 Å². The fourth-order valence-corrected chi connectivity index (χ4v) is 1.56. The van der Waals surface area contributed by atoms with Crippen molar-refractivity contribution in [2.24, 2.45) is 0 Å². The first kappa shape index (κ1) is 14.0. The van der Waals surface area contributed by atoms with Gasteiger partial charge in [0.05, 0.1) is 0 Å². The van der Waals surface area contributed by atoms with Crippen molar-refractivity contribution in [2.75, 3.05) is 13.1 Å². The second-order valence-corrected chi connectivity index (χ2v) is 3.88. The van der Waals surface area contributed by atoms with Crippen molar-refractivity contribution in [1.29, 1.82) is 0 Å². The molecule has 6 heteroatoms. The molecular formula is C12H16N2O4. The van der Waals surface area contributed by atoms with E-state index < -0.39 is 5.97 Å². The number of amides is 1. The van der Waals surface area contributed by atoms with Crippen LogP contribution in [-0.2, 0) is 16.1 Å². The zero-order chi connectivity index (χ0) is 13.5. The Bertz CT molecular complexity index is 481. The van der Waals surface area contributed by atoms with Crippen LogP contribution in [0.2, 0.25) is 0 Å². The molecule has 0 aliphatic carbocycles. The molecule has 0 radical (unpaired) electrons. The Morgan fingerprint density at radius 1 is 1.39 bits per heavy atom. The van der Waals surface area contributed by atoms with Crippen LogP contribution in [0.3, 0.4) is 0 Å². The average Bonchev–Trinajstić information content (AvgIpc) is 2.31. The van der Waals surface area contributed by atoms with Crippen molar-refractivity contribution in [1.82, 2.24) is 9.47 Å². The molecule has 0 aliphatic rings. The molecule has 1 heterocycles. The van der Waals surface area contributed by atoms with E-state index in [0.717, 1.165) is 0 Å². The van der Waals surface area contributed by atoms with E-state index in [9.17, 15) is 14.4 Å². The Hall–Kier alpha value is -2.11. The van der Waals surface area contributed by atoms with Crippen LogP contribution in [0.1, 0.15) is 13.3 Å². The minimum absolute atomic E-state index is 0.132. The standard InChI is InChI=1S/C12H16N2O4/c1-2-6-13(9-12(17)18)11(16)8-14-7-4-3-5-10(14)15/h3-5,7H,2,6,8-9H2,1H3,(H,17,18). The second kappa shape index (κ2) is 6.58. The summed E-state index contributed by atoms with van der Waals surface area (Å²) in [4.78, 5) is 35.2. The number of carbonyl (C=O) groups is 2. The number of nitrogens with zero attached hydrogens (tertiary/aromatic N) is 2. The molecular weight excluding hydrogens is 236 g/mol. The highest BCUT2D eigenvalue weighted by Gasteiger charge is 2.16. The average molecular weight is 252 g/mol. The normalized spacial score (nSPS) is 10.1. The lowest BCUT2D eigenvalue weighted by Gasteiger charge is -2.20. The van der Waals surface area contributed by atoms with Gasteiger partial charge in [0, 0.05) is 18.8 Å². The van der Waals surface area contributed by atoms with Gasteiger partial charge in [0.1, 0.15) is 13.1 Å². The number of hydrogen-bond acceptors (Lipinski definition) is 3. The first-order chi connectivity index (χ1) is 8.54. The van der Waals surface area contributed by atoms with E-state index in [1.54, 1.807) is 12.1 Å². The van der Waals surface area contributed by atoms with Crippen molar-refractivity contribution in [3.8, 4) is 0 Å². The summed E-state index contributed by atoms with van der Waals surface area (Å²) in [6, 6.07) is 4.59. The van der Waals surface area contributed by atoms with Crippen LogP contribution in [0.15, 0.2) is 29.2 Å². The lowest BCUT2D eigenvalue weighted by Crippen LogP contribution is -2.39. The predicted molar refractivity (Wildman–Crippen MR) is 65.2 cm³/mol. The molecule has 1 amide bonds. The van der Waals surface area contributed by atoms with Crippen LogP contribution in [0.25, 0.3) is 0 Å². The summed E-state index contributed by atoms with van der Waals surface area (Å²) >= 11 is 0. The maximum Gasteiger partial charge on any atom is 0.323 e. The van der Waals surface area contributed by atoms with Gasteiger partial charge in [0.15, 0.2) is 0 Å². The molecule has 0 saturated carbocycles. The van der Waals surface area contributed by atoms with Gasteiger partial charge in [-0.15, -0.1) is 0 Å². The van der Waals surface area contributed by atoms with E-state index in [4.69, 9.17) is 5.11 Å². The molecule has 6 nitrogen and oxygen atoms in total. The third-order valence-corrected chi connectivity index (χ3v) is 2.38. The van der Waals surface area contributed by atoms with Crippen LogP contribution in [0.4, 0.5) is 0 Å². The van der Waals surface area contributed by atoms with Gasteiger partial charge < -0.3 is 14.6 Å². The number of rotatable bonds is 6. The second-order valence-electron chi connectivity index (χ2n) is 3.88. The number of aliphatic carboxylic acids is 1. The van der Waals surface area contributed by atoms with Gasteiger partial charge in [-0.1, -0.05) is 13.0 Å². The van der Waals surface area contributed by atoms with Gasteiger partial charge >= 0.3 is 5.97 Å². The number of pyridine rings is 1. The van der Waals surface area contributed by atoms with E-state index in [1.807, 2.05) is 6.92 Å². The Kier molecular flexibility index (Phi) is 5.10. The van der Waals surface area contributed by atoms with Crippen molar-refractivity contribution >= 4 is 11.9 Å². The number of carboxylic acid groups (broad SMARTS) is 1. The zero-order valence-corrected chi connectivity index (χ0v) is 10.2. The van der Waals surface area contributed by atoms with Gasteiger partial charge in [-0.05, 0) is 12.5 Å². The van der Waals surface area contributed by atoms with Gasteiger partial charge in [0.25, 0.3) is 5.56 Å². The Balaban J connectivity index is 2.75. The smallest absolute Gasteiger partial charge is 0.323 e. The Morgan fingerprint density at radius 2 is 2.11 bits per heavy atom. The van der Waals surface area contributed by atoms with Crippen molar-refractivity contribution in [3.05, 3.63) is 34.7 Å². The summed E-state index contributed by atoms with van der Waals surface area (Å²) in [5.41, 5.74) is -0.280. The maximum absolute atomic E-state index is 11.9. The number of carboxylic acids is 1. The minimum atomic E-state index is -1.06. The molecule has 0 atom stereocenters. The van der Waals surface area contributed by atoms with Crippen LogP contribution in [-0.4, -0.2) is 39.5 Å². The van der Waals surface area contributed by atoms with Crippen LogP contribution < -0.4 is 5.56 Å². The first-order valence-corrected chi connectivity index (χ1v) is 5.69. The van der Waals surface area contributed by atoms with E-state index in [1.165, 1.54) is 21.7 Å². The molecule has 0 aliphatic heterocycles. The van der Waals surface area contributed by atoms with Gasteiger partial charge in [0.2, 0.25) is 5.91 Å². The maximum atomic E-state index is 11.9. The van der Waals surface area contributed by atoms with Crippen molar-refractivity contribution in [3.63, 3.8) is 0 Å². The largest absolute Gasteiger partial charge is 0.480 e. The summed E-state index contributed by atoms with van der Waals surface area (Å²) in [6.45, 7) is 1.75. The Labute approximate surface area is 104 Å². The molecule has 0 unspecified atom stereocenters. The van der Waals surface area contributed by atoms with Crippen molar-refractivity contribution in [2.45, 2.75) is 19.9 Å². The number of aromatic nitrogens is 1. The summed E-state index contributed by atoms with van der Waals surface area (Å²) in [5.74, 6) is -1.43. The van der Waals surface area contributed by atoms with Gasteiger partial charge in [-0.2, -0.15) is 0 Å². The number of carbonyl (C=O) groups excluding carboxylic acids is 1. The molecule has 1 rings (SSSR count). The number of hydrogen-bond donors (Lipinski definition) is 1. The fraction of sp³-hybridized carbons (Fsp3) is 0.417. The monoisotopic (exact) mass is 252 g/mol. The third-order valence-electron chi connectivity index (χ3n) is 2.38. The molecule has 18 heavy (non-hydrogen) atoms. The summed E-state index contributed by atoms with van der Waals surface area (Å²) < 4.78 is 1.26. The van der Waals surface area contributed by atoms with Crippen LogP contribution >= 0.6 is 0 Å². The van der Waals surface area contributed by atoms with E-state index in [2.05, 4.69) is 0 Å². The highest BCUT2D eigenvalue weighted by Crippen LogP contribution is 1.95. The molecule has 0 bridgehead atoms. The summed E-state index contributed by atoms with van der Waals surface area (Å²) in [7, 11) is 0. The molecule has 1 aromatic heterocycles. The summed E-state index contributed by atoms with van der Waals surface area (Å²) in [5, 5.41) is 8.72. The third kappa shape index (κ3) is 4.04. The SMILES string of the molecule is CCCN(CC(=O)O)C(=O)Cn1ccccc1=O. The van der Waals surface area contributed by atoms with E-state index in [0.29, 0.717) is 13.0 Å². The highest BCUT2D eigenvalue weighted by molar-refractivity contribution is 5.81. The molecule has 1 aromatic rings. The summed E-state index contributed by atoms with van der Waals surface area (Å²) in [6.07, 6.45) is 2.17. The first-order valence-electron chi connectivity index (χ1n) is 5.69. The van der Waals surface area contributed by atoms with E-state index in [-0.39, 0.29) is 24.6 Å². The van der Waals surface area contributed by atoms with Crippen LogP contribution in [0, 0.1) is 0 Å².